The molecule has 3 N–H and O–H groups in total. The van der Waals surface area contributed by atoms with Gasteiger partial charge in [0.05, 0.1) is 16.8 Å². The molecule has 1 atom stereocenters. The van der Waals surface area contributed by atoms with Crippen LogP contribution in [0.5, 0.6) is 0 Å². The SMILES string of the molecule is C=C(C)c1cnc2[nH]cc(NC(=O)C3CC3)c2c1N1CCC[C@@H](NC(=O)OC(C)(C)C)C1. The number of carbonyl (C=O) groups is 2. The molecule has 1 saturated heterocycles. The van der Waals surface area contributed by atoms with Crippen LogP contribution in [-0.2, 0) is 9.53 Å². The number of amides is 2. The molecule has 1 aliphatic heterocycles. The molecule has 4 rings (SSSR count). The van der Waals surface area contributed by atoms with Crippen LogP contribution < -0.4 is 15.5 Å². The minimum atomic E-state index is -0.539. The van der Waals surface area contributed by atoms with Crippen molar-refractivity contribution in [3.63, 3.8) is 0 Å². The summed E-state index contributed by atoms with van der Waals surface area (Å²) < 4.78 is 5.45. The Kier molecular flexibility index (Phi) is 5.88. The zero-order valence-corrected chi connectivity index (χ0v) is 19.4. The number of nitrogens with zero attached hydrogens (tertiary/aromatic N) is 2. The van der Waals surface area contributed by atoms with E-state index in [9.17, 15) is 9.59 Å². The van der Waals surface area contributed by atoms with Gasteiger partial charge in [-0.2, -0.15) is 0 Å². The van der Waals surface area contributed by atoms with E-state index in [0.717, 1.165) is 65.8 Å². The van der Waals surface area contributed by atoms with Gasteiger partial charge < -0.3 is 25.3 Å². The number of rotatable bonds is 5. The number of pyridine rings is 1. The maximum absolute atomic E-state index is 12.5. The van der Waals surface area contributed by atoms with Crippen molar-refractivity contribution in [2.24, 2.45) is 5.92 Å². The van der Waals surface area contributed by atoms with Crippen molar-refractivity contribution in [2.75, 3.05) is 23.3 Å². The van der Waals surface area contributed by atoms with E-state index in [1.54, 1.807) is 0 Å². The molecule has 0 spiro atoms. The molecule has 0 bridgehead atoms. The number of aromatic amines is 1. The van der Waals surface area contributed by atoms with Crippen molar-refractivity contribution in [2.45, 2.75) is 65.0 Å². The summed E-state index contributed by atoms with van der Waals surface area (Å²) >= 11 is 0. The van der Waals surface area contributed by atoms with Crippen molar-refractivity contribution < 1.29 is 14.3 Å². The highest BCUT2D eigenvalue weighted by molar-refractivity contribution is 6.09. The minimum Gasteiger partial charge on any atom is -0.444 e. The molecule has 172 valence electrons. The molecular weight excluding hydrogens is 406 g/mol. The molecule has 2 aromatic heterocycles. The van der Waals surface area contributed by atoms with Gasteiger partial charge >= 0.3 is 6.09 Å². The highest BCUT2D eigenvalue weighted by Crippen LogP contribution is 2.39. The topological polar surface area (TPSA) is 99.4 Å². The van der Waals surface area contributed by atoms with Crippen LogP contribution in [0, 0.1) is 5.92 Å². The lowest BCUT2D eigenvalue weighted by atomic mass is 10.00. The molecule has 2 fully saturated rings. The normalized spacial score (nSPS) is 19.0. The minimum absolute atomic E-state index is 0.0387. The highest BCUT2D eigenvalue weighted by Gasteiger charge is 2.32. The lowest BCUT2D eigenvalue weighted by Gasteiger charge is -2.36. The lowest BCUT2D eigenvalue weighted by Crippen LogP contribution is -2.49. The number of nitrogens with one attached hydrogen (secondary N) is 3. The van der Waals surface area contributed by atoms with Crippen molar-refractivity contribution in [3.05, 3.63) is 24.5 Å². The standard InChI is InChI=1S/C24H33N5O3/c1-14(2)17-11-25-21-19(18(12-26-21)28-22(30)15-8-9-15)20(17)29-10-6-7-16(13-29)27-23(31)32-24(3,4)5/h11-12,15-16H,1,6-10,13H2,2-5H3,(H,25,26)(H,27,31)(H,28,30)/t16-/m1/s1. The Morgan fingerprint density at radius 3 is 2.69 bits per heavy atom. The number of allylic oxidation sites excluding steroid dienone is 1. The van der Waals surface area contributed by atoms with Gasteiger partial charge in [0.1, 0.15) is 11.2 Å². The average molecular weight is 440 g/mol. The van der Waals surface area contributed by atoms with Gasteiger partial charge in [-0.05, 0) is 59.0 Å². The Balaban J connectivity index is 1.64. The van der Waals surface area contributed by atoms with Crippen LogP contribution in [0.15, 0.2) is 19.0 Å². The lowest BCUT2D eigenvalue weighted by molar-refractivity contribution is -0.117. The second kappa shape index (κ2) is 8.48. The molecule has 8 nitrogen and oxygen atoms in total. The Morgan fingerprint density at radius 1 is 1.28 bits per heavy atom. The Labute approximate surface area is 188 Å². The summed E-state index contributed by atoms with van der Waals surface area (Å²) in [4.78, 5) is 34.8. The number of ether oxygens (including phenoxy) is 1. The molecule has 0 aromatic carbocycles. The quantitative estimate of drug-likeness (QED) is 0.640. The summed E-state index contributed by atoms with van der Waals surface area (Å²) in [6.07, 6.45) is 6.93. The van der Waals surface area contributed by atoms with Gasteiger partial charge in [-0.15, -0.1) is 0 Å². The molecular formula is C24H33N5O3. The molecule has 1 saturated carbocycles. The number of alkyl carbamates (subject to hydrolysis) is 1. The Bertz CT molecular complexity index is 1050. The van der Waals surface area contributed by atoms with E-state index in [1.807, 2.05) is 40.1 Å². The van der Waals surface area contributed by atoms with E-state index in [0.29, 0.717) is 6.54 Å². The third-order valence-corrected chi connectivity index (χ3v) is 5.80. The molecule has 1 aliphatic carbocycles. The third-order valence-electron chi connectivity index (χ3n) is 5.80. The van der Waals surface area contributed by atoms with Gasteiger partial charge in [0.15, 0.2) is 0 Å². The second-order valence-electron chi connectivity index (χ2n) is 9.92. The van der Waals surface area contributed by atoms with Crippen LogP contribution in [0.3, 0.4) is 0 Å². The Morgan fingerprint density at radius 2 is 2.03 bits per heavy atom. The largest absolute Gasteiger partial charge is 0.444 e. The Hall–Kier alpha value is -3.03. The molecule has 0 unspecified atom stereocenters. The molecule has 8 heteroatoms. The van der Waals surface area contributed by atoms with Gasteiger partial charge in [0.2, 0.25) is 5.91 Å². The van der Waals surface area contributed by atoms with E-state index in [-0.39, 0.29) is 17.9 Å². The first-order valence-corrected chi connectivity index (χ1v) is 11.3. The zero-order chi connectivity index (χ0) is 23.0. The fourth-order valence-corrected chi connectivity index (χ4v) is 4.17. The van der Waals surface area contributed by atoms with E-state index in [4.69, 9.17) is 4.74 Å². The van der Waals surface area contributed by atoms with Crippen molar-refractivity contribution in [1.82, 2.24) is 15.3 Å². The van der Waals surface area contributed by atoms with E-state index >= 15 is 0 Å². The highest BCUT2D eigenvalue weighted by atomic mass is 16.6. The summed E-state index contributed by atoms with van der Waals surface area (Å²) in [5, 5.41) is 6.99. The number of aromatic nitrogens is 2. The van der Waals surface area contributed by atoms with Crippen molar-refractivity contribution in [1.29, 1.82) is 0 Å². The number of hydrogen-bond donors (Lipinski definition) is 3. The number of H-pyrrole nitrogens is 1. The summed E-state index contributed by atoms with van der Waals surface area (Å²) in [7, 11) is 0. The van der Waals surface area contributed by atoms with Crippen LogP contribution >= 0.6 is 0 Å². The van der Waals surface area contributed by atoms with Crippen LogP contribution in [0.1, 0.15) is 58.9 Å². The molecule has 3 heterocycles. The number of fused-ring (bicyclic) bond motifs is 1. The van der Waals surface area contributed by atoms with Crippen LogP contribution in [0.2, 0.25) is 0 Å². The number of anilines is 2. The first kappa shape index (κ1) is 22.2. The molecule has 2 aliphatic rings. The number of carbonyl (C=O) groups excluding carboxylic acids is 2. The fourth-order valence-electron chi connectivity index (χ4n) is 4.17. The molecule has 2 amide bonds. The maximum Gasteiger partial charge on any atom is 0.407 e. The van der Waals surface area contributed by atoms with E-state index < -0.39 is 11.7 Å². The predicted molar refractivity (Wildman–Crippen MR) is 127 cm³/mol. The second-order valence-corrected chi connectivity index (χ2v) is 9.92. The predicted octanol–water partition coefficient (Wildman–Crippen LogP) is 4.44. The van der Waals surface area contributed by atoms with Crippen LogP contribution in [0.25, 0.3) is 16.6 Å². The van der Waals surface area contributed by atoms with Gasteiger partial charge in [0.25, 0.3) is 0 Å². The van der Waals surface area contributed by atoms with E-state index in [1.165, 1.54) is 0 Å². The summed E-state index contributed by atoms with van der Waals surface area (Å²) in [5.74, 6) is 0.166. The first-order chi connectivity index (χ1) is 15.1. The average Bonchev–Trinajstić information content (AvgIpc) is 3.48. The molecule has 2 aromatic rings. The zero-order valence-electron chi connectivity index (χ0n) is 19.4. The first-order valence-electron chi connectivity index (χ1n) is 11.3. The van der Waals surface area contributed by atoms with Gasteiger partial charge in [0, 0.05) is 43.0 Å². The van der Waals surface area contributed by atoms with Crippen molar-refractivity contribution in [3.8, 4) is 0 Å². The van der Waals surface area contributed by atoms with E-state index in [2.05, 4.69) is 32.1 Å². The van der Waals surface area contributed by atoms with Gasteiger partial charge in [-0.3, -0.25) is 4.79 Å². The van der Waals surface area contributed by atoms with Crippen LogP contribution in [0.4, 0.5) is 16.2 Å². The number of hydrogen-bond acceptors (Lipinski definition) is 5. The summed E-state index contributed by atoms with van der Waals surface area (Å²) in [6, 6.07) is -0.0387. The van der Waals surface area contributed by atoms with Crippen molar-refractivity contribution >= 4 is 40.0 Å². The van der Waals surface area contributed by atoms with Gasteiger partial charge in [-0.25, -0.2) is 9.78 Å². The van der Waals surface area contributed by atoms with Gasteiger partial charge in [-0.1, -0.05) is 6.58 Å². The van der Waals surface area contributed by atoms with Crippen LogP contribution in [-0.4, -0.2) is 46.7 Å². The maximum atomic E-state index is 12.5. The third kappa shape index (κ3) is 4.89. The summed E-state index contributed by atoms with van der Waals surface area (Å²) in [5.41, 5.74) is 3.76. The number of piperidine rings is 1. The molecule has 0 radical (unpaired) electrons. The summed E-state index contributed by atoms with van der Waals surface area (Å²) in [6.45, 7) is 13.2. The smallest absolute Gasteiger partial charge is 0.407 e. The molecule has 32 heavy (non-hydrogen) atoms. The monoisotopic (exact) mass is 439 g/mol. The fraction of sp³-hybridized carbons (Fsp3) is 0.542.